The summed E-state index contributed by atoms with van der Waals surface area (Å²) in [5.41, 5.74) is 2.29. The van der Waals surface area contributed by atoms with Gasteiger partial charge in [0.15, 0.2) is 0 Å². The van der Waals surface area contributed by atoms with Gasteiger partial charge < -0.3 is 15.0 Å². The molecule has 0 aliphatic carbocycles. The predicted octanol–water partition coefficient (Wildman–Crippen LogP) is 3.13. The lowest BCUT2D eigenvalue weighted by atomic mass is 10.0. The quantitative estimate of drug-likeness (QED) is 0.927. The highest BCUT2D eigenvalue weighted by Gasteiger charge is 2.25. The fourth-order valence-corrected chi connectivity index (χ4v) is 3.75. The number of nitrogens with zero attached hydrogens (tertiary/aromatic N) is 3. The molecule has 0 atom stereocenters. The highest BCUT2D eigenvalue weighted by atomic mass is 16.5. The second-order valence-corrected chi connectivity index (χ2v) is 6.76. The minimum absolute atomic E-state index is 0.715. The van der Waals surface area contributed by atoms with E-state index in [0.717, 1.165) is 50.9 Å². The summed E-state index contributed by atoms with van der Waals surface area (Å²) in [5.74, 6) is 0.887. The van der Waals surface area contributed by atoms with Gasteiger partial charge in [0, 0.05) is 37.9 Å². The molecular formula is C20H26N4O. The number of anilines is 3. The van der Waals surface area contributed by atoms with E-state index in [1.807, 2.05) is 36.5 Å². The summed E-state index contributed by atoms with van der Waals surface area (Å²) in [6, 6.07) is 15.1. The van der Waals surface area contributed by atoms with Crippen molar-refractivity contribution in [2.45, 2.75) is 18.9 Å². The number of benzene rings is 1. The monoisotopic (exact) mass is 338 g/mol. The Morgan fingerprint density at radius 3 is 2.36 bits per heavy atom. The maximum absolute atomic E-state index is 5.47. The van der Waals surface area contributed by atoms with Crippen LogP contribution in [0.15, 0.2) is 48.7 Å². The van der Waals surface area contributed by atoms with Gasteiger partial charge in [-0.25, -0.2) is 4.98 Å². The summed E-state index contributed by atoms with van der Waals surface area (Å²) in [4.78, 5) is 9.64. The molecule has 0 unspecified atom stereocenters. The largest absolute Gasteiger partial charge is 0.379 e. The Hall–Kier alpha value is -2.11. The molecule has 2 saturated heterocycles. The summed E-state index contributed by atoms with van der Waals surface area (Å²) in [7, 11) is 0. The van der Waals surface area contributed by atoms with Crippen molar-refractivity contribution in [1.29, 1.82) is 0 Å². The standard InChI is InChI=1S/C20H26N4O/c1-2-4-17(5-3-1)22-20-7-6-19(16-21-20)23-10-8-18(9-11-23)24-12-14-25-15-13-24/h1-7,16,18H,8-15H2,(H,21,22). The summed E-state index contributed by atoms with van der Waals surface area (Å²) in [6.07, 6.45) is 4.44. The van der Waals surface area contributed by atoms with Gasteiger partial charge in [0.05, 0.1) is 25.1 Å². The van der Waals surface area contributed by atoms with Gasteiger partial charge in [-0.2, -0.15) is 0 Å². The third-order valence-electron chi connectivity index (χ3n) is 5.19. The van der Waals surface area contributed by atoms with Crippen molar-refractivity contribution in [2.24, 2.45) is 0 Å². The van der Waals surface area contributed by atoms with Crippen molar-refractivity contribution in [3.8, 4) is 0 Å². The van der Waals surface area contributed by atoms with Crippen molar-refractivity contribution < 1.29 is 4.74 Å². The van der Waals surface area contributed by atoms with Crippen LogP contribution < -0.4 is 10.2 Å². The van der Waals surface area contributed by atoms with Crippen molar-refractivity contribution in [3.05, 3.63) is 48.7 Å². The fourth-order valence-electron chi connectivity index (χ4n) is 3.75. The molecule has 0 bridgehead atoms. The molecule has 2 fully saturated rings. The third kappa shape index (κ3) is 4.11. The smallest absolute Gasteiger partial charge is 0.130 e. The highest BCUT2D eigenvalue weighted by Crippen LogP contribution is 2.24. The van der Waals surface area contributed by atoms with Crippen molar-refractivity contribution in [1.82, 2.24) is 9.88 Å². The Morgan fingerprint density at radius 2 is 1.68 bits per heavy atom. The Labute approximate surface area is 149 Å². The zero-order chi connectivity index (χ0) is 16.9. The lowest BCUT2D eigenvalue weighted by Gasteiger charge is -2.40. The molecule has 1 aromatic carbocycles. The molecule has 0 saturated carbocycles. The zero-order valence-electron chi connectivity index (χ0n) is 14.6. The third-order valence-corrected chi connectivity index (χ3v) is 5.19. The van der Waals surface area contributed by atoms with Crippen molar-refractivity contribution in [3.63, 3.8) is 0 Å². The first-order valence-electron chi connectivity index (χ1n) is 9.23. The van der Waals surface area contributed by atoms with Gasteiger partial charge in [-0.15, -0.1) is 0 Å². The van der Waals surface area contributed by atoms with E-state index in [9.17, 15) is 0 Å². The van der Waals surface area contributed by atoms with Gasteiger partial charge in [0.25, 0.3) is 0 Å². The molecule has 5 heteroatoms. The van der Waals surface area contributed by atoms with Crippen LogP contribution >= 0.6 is 0 Å². The number of morpholine rings is 1. The van der Waals surface area contributed by atoms with Crippen LogP contribution in [-0.4, -0.2) is 55.3 Å². The number of para-hydroxylation sites is 1. The average molecular weight is 338 g/mol. The van der Waals surface area contributed by atoms with E-state index in [0.29, 0.717) is 6.04 Å². The molecule has 0 radical (unpaired) electrons. The second kappa shape index (κ2) is 7.85. The van der Waals surface area contributed by atoms with Crippen LogP contribution in [0.1, 0.15) is 12.8 Å². The van der Waals surface area contributed by atoms with Gasteiger partial charge in [0.1, 0.15) is 5.82 Å². The van der Waals surface area contributed by atoms with Crippen LogP contribution in [0.4, 0.5) is 17.2 Å². The van der Waals surface area contributed by atoms with E-state index in [1.165, 1.54) is 18.5 Å². The molecule has 3 heterocycles. The SMILES string of the molecule is c1ccc(Nc2ccc(N3CCC(N4CCOCC4)CC3)cn2)cc1. The van der Waals surface area contributed by atoms with Gasteiger partial charge in [-0.05, 0) is 37.1 Å². The molecule has 0 amide bonds. The number of aromatic nitrogens is 1. The van der Waals surface area contributed by atoms with E-state index >= 15 is 0 Å². The number of pyridine rings is 1. The molecule has 1 N–H and O–H groups in total. The minimum Gasteiger partial charge on any atom is -0.379 e. The van der Waals surface area contributed by atoms with E-state index in [4.69, 9.17) is 4.74 Å². The van der Waals surface area contributed by atoms with Crippen LogP contribution in [0.25, 0.3) is 0 Å². The van der Waals surface area contributed by atoms with Gasteiger partial charge in [-0.3, -0.25) is 4.90 Å². The Balaban J connectivity index is 1.32. The van der Waals surface area contributed by atoms with Gasteiger partial charge in [0.2, 0.25) is 0 Å². The van der Waals surface area contributed by atoms with E-state index in [-0.39, 0.29) is 0 Å². The molecule has 1 aromatic heterocycles. The number of nitrogens with one attached hydrogen (secondary N) is 1. The van der Waals surface area contributed by atoms with Crippen LogP contribution in [0.3, 0.4) is 0 Å². The molecule has 0 spiro atoms. The lowest BCUT2D eigenvalue weighted by Crippen LogP contribution is -2.49. The summed E-state index contributed by atoms with van der Waals surface area (Å²) in [5, 5.41) is 3.34. The Morgan fingerprint density at radius 1 is 0.920 bits per heavy atom. The lowest BCUT2D eigenvalue weighted by molar-refractivity contribution is 0.0115. The number of ether oxygens (including phenoxy) is 1. The molecule has 2 aromatic rings. The molecular weight excluding hydrogens is 312 g/mol. The van der Waals surface area contributed by atoms with Crippen LogP contribution in [-0.2, 0) is 4.74 Å². The maximum atomic E-state index is 5.47. The van der Waals surface area contributed by atoms with E-state index < -0.39 is 0 Å². The molecule has 4 rings (SSSR count). The molecule has 2 aliphatic heterocycles. The number of hydrogen-bond donors (Lipinski definition) is 1. The van der Waals surface area contributed by atoms with Crippen molar-refractivity contribution >= 4 is 17.2 Å². The number of hydrogen-bond acceptors (Lipinski definition) is 5. The summed E-state index contributed by atoms with van der Waals surface area (Å²) in [6.45, 7) is 6.17. The highest BCUT2D eigenvalue weighted by molar-refractivity contribution is 5.58. The van der Waals surface area contributed by atoms with E-state index in [1.54, 1.807) is 0 Å². The normalized spacial score (nSPS) is 19.8. The van der Waals surface area contributed by atoms with Crippen LogP contribution in [0, 0.1) is 0 Å². The number of piperidine rings is 1. The predicted molar refractivity (Wildman–Crippen MR) is 102 cm³/mol. The van der Waals surface area contributed by atoms with Gasteiger partial charge in [-0.1, -0.05) is 18.2 Å². The second-order valence-electron chi connectivity index (χ2n) is 6.76. The molecule has 132 valence electrons. The van der Waals surface area contributed by atoms with Gasteiger partial charge >= 0.3 is 0 Å². The first kappa shape index (κ1) is 16.4. The molecule has 2 aliphatic rings. The Kier molecular flexibility index (Phi) is 5.14. The summed E-state index contributed by atoms with van der Waals surface area (Å²) >= 11 is 0. The topological polar surface area (TPSA) is 40.6 Å². The van der Waals surface area contributed by atoms with E-state index in [2.05, 4.69) is 32.2 Å². The maximum Gasteiger partial charge on any atom is 0.130 e. The number of rotatable bonds is 4. The zero-order valence-corrected chi connectivity index (χ0v) is 14.6. The minimum atomic E-state index is 0.715. The molecule has 5 nitrogen and oxygen atoms in total. The summed E-state index contributed by atoms with van der Waals surface area (Å²) < 4.78 is 5.47. The molecule has 25 heavy (non-hydrogen) atoms. The first-order chi connectivity index (χ1) is 12.4. The Bertz CT molecular complexity index is 647. The first-order valence-corrected chi connectivity index (χ1v) is 9.23. The van der Waals surface area contributed by atoms with Crippen LogP contribution in [0.2, 0.25) is 0 Å². The van der Waals surface area contributed by atoms with Crippen molar-refractivity contribution in [2.75, 3.05) is 49.6 Å². The average Bonchev–Trinajstić information content (AvgIpc) is 2.70. The van der Waals surface area contributed by atoms with Crippen LogP contribution in [0.5, 0.6) is 0 Å². The fraction of sp³-hybridized carbons (Fsp3) is 0.450.